The molecule has 0 unspecified atom stereocenters. The maximum absolute atomic E-state index is 13.5. The highest BCUT2D eigenvalue weighted by atomic mass is 32.2. The highest BCUT2D eigenvalue weighted by Gasteiger charge is 2.08. The molecular formula is C23H24FN3O3S. The fourth-order valence-corrected chi connectivity index (χ4v) is 3.56. The zero-order valence-corrected chi connectivity index (χ0v) is 18.2. The number of nitrogens with zero attached hydrogens (tertiary/aromatic N) is 1. The lowest BCUT2D eigenvalue weighted by atomic mass is 10.1. The van der Waals surface area contributed by atoms with E-state index in [1.807, 2.05) is 24.3 Å². The van der Waals surface area contributed by atoms with Gasteiger partial charge in [-0.05, 0) is 53.9 Å². The van der Waals surface area contributed by atoms with Crippen molar-refractivity contribution < 1.29 is 18.7 Å². The third-order valence-corrected chi connectivity index (χ3v) is 5.01. The lowest BCUT2D eigenvalue weighted by Gasteiger charge is -2.11. The van der Waals surface area contributed by atoms with Crippen molar-refractivity contribution in [2.24, 2.45) is 0 Å². The van der Waals surface area contributed by atoms with Crippen LogP contribution >= 0.6 is 11.9 Å². The Kier molecular flexibility index (Phi) is 10.2. The van der Waals surface area contributed by atoms with Crippen molar-refractivity contribution in [3.8, 4) is 16.9 Å². The number of halogens is 1. The number of methoxy groups -OCH3 is 1. The van der Waals surface area contributed by atoms with Crippen molar-refractivity contribution in [1.29, 1.82) is 0 Å². The summed E-state index contributed by atoms with van der Waals surface area (Å²) in [5.41, 5.74) is 3.94. The van der Waals surface area contributed by atoms with Crippen LogP contribution in [0, 0.1) is 5.82 Å². The largest absolute Gasteiger partial charge is 0.496 e. The number of rotatable bonds is 9. The minimum atomic E-state index is -0.323. The van der Waals surface area contributed by atoms with Crippen LogP contribution in [-0.2, 0) is 15.3 Å². The summed E-state index contributed by atoms with van der Waals surface area (Å²) in [5, 5.41) is 3.35. The van der Waals surface area contributed by atoms with Crippen LogP contribution in [0.25, 0.3) is 11.1 Å². The zero-order valence-electron chi connectivity index (χ0n) is 17.4. The smallest absolute Gasteiger partial charge is 0.373 e. The van der Waals surface area contributed by atoms with Gasteiger partial charge in [-0.25, -0.2) is 9.37 Å². The Labute approximate surface area is 185 Å². The Hall–Kier alpha value is -3.19. The van der Waals surface area contributed by atoms with Crippen LogP contribution in [0.2, 0.25) is 0 Å². The molecule has 0 aliphatic carbocycles. The van der Waals surface area contributed by atoms with E-state index in [4.69, 9.17) is 14.3 Å². The van der Waals surface area contributed by atoms with Crippen molar-refractivity contribution in [1.82, 2.24) is 9.71 Å². The molecule has 6 nitrogen and oxygen atoms in total. The molecule has 2 aromatic carbocycles. The van der Waals surface area contributed by atoms with Gasteiger partial charge < -0.3 is 10.1 Å². The molecular weight excluding hydrogens is 417 g/mol. The Bertz CT molecular complexity index is 1010. The lowest BCUT2D eigenvalue weighted by Crippen LogP contribution is -2.04. The van der Waals surface area contributed by atoms with E-state index < -0.39 is 0 Å². The summed E-state index contributed by atoms with van der Waals surface area (Å²) in [4.78, 5) is 20.7. The molecule has 0 aliphatic heterocycles. The Morgan fingerprint density at radius 3 is 2.68 bits per heavy atom. The SMILES string of the molecule is CCCNSCc1cccc(Nc2cc(-c3ccc(F)cc3OC)ccn2)c1.O=C=O. The monoisotopic (exact) mass is 441 g/mol. The van der Waals surface area contributed by atoms with Gasteiger partial charge in [0.2, 0.25) is 0 Å². The summed E-state index contributed by atoms with van der Waals surface area (Å²) >= 11 is 1.71. The third-order valence-electron chi connectivity index (χ3n) is 4.13. The van der Waals surface area contributed by atoms with E-state index in [2.05, 4.69) is 34.1 Å². The van der Waals surface area contributed by atoms with E-state index >= 15 is 0 Å². The molecule has 3 aromatic rings. The molecule has 0 radical (unpaired) electrons. The lowest BCUT2D eigenvalue weighted by molar-refractivity contribution is -0.191. The van der Waals surface area contributed by atoms with Crippen LogP contribution in [0.15, 0.2) is 60.8 Å². The van der Waals surface area contributed by atoms with E-state index in [9.17, 15) is 4.39 Å². The van der Waals surface area contributed by atoms with E-state index in [0.717, 1.165) is 41.4 Å². The first kappa shape index (κ1) is 24.1. The van der Waals surface area contributed by atoms with E-state index in [0.29, 0.717) is 5.75 Å². The van der Waals surface area contributed by atoms with Gasteiger partial charge in [0.1, 0.15) is 17.4 Å². The van der Waals surface area contributed by atoms with E-state index in [-0.39, 0.29) is 12.0 Å². The molecule has 0 saturated carbocycles. The molecule has 162 valence electrons. The highest BCUT2D eigenvalue weighted by Crippen LogP contribution is 2.32. The van der Waals surface area contributed by atoms with E-state index in [1.165, 1.54) is 24.8 Å². The van der Waals surface area contributed by atoms with Crippen LogP contribution in [0.3, 0.4) is 0 Å². The summed E-state index contributed by atoms with van der Waals surface area (Å²) in [6.45, 7) is 3.16. The summed E-state index contributed by atoms with van der Waals surface area (Å²) in [6, 6.07) is 16.6. The molecule has 0 bridgehead atoms. The maximum atomic E-state index is 13.5. The van der Waals surface area contributed by atoms with Crippen molar-refractivity contribution in [2.45, 2.75) is 19.1 Å². The first-order chi connectivity index (χ1) is 15.1. The molecule has 0 fully saturated rings. The zero-order chi connectivity index (χ0) is 22.5. The second-order valence-electron chi connectivity index (χ2n) is 6.37. The predicted octanol–water partition coefficient (Wildman–Crippen LogP) is 5.20. The fourth-order valence-electron chi connectivity index (χ4n) is 2.77. The third kappa shape index (κ3) is 7.86. The van der Waals surface area contributed by atoms with Crippen LogP contribution in [0.4, 0.5) is 15.9 Å². The average molecular weight is 442 g/mol. The van der Waals surface area contributed by atoms with Gasteiger partial charge >= 0.3 is 6.15 Å². The number of carbonyl (C=O) groups excluding carboxylic acids is 2. The van der Waals surface area contributed by atoms with Gasteiger partial charge in [0.05, 0.1) is 7.11 Å². The Balaban J connectivity index is 0.00000107. The molecule has 0 amide bonds. The number of nitrogens with one attached hydrogen (secondary N) is 2. The molecule has 8 heteroatoms. The highest BCUT2D eigenvalue weighted by molar-refractivity contribution is 7.96. The average Bonchev–Trinajstić information content (AvgIpc) is 2.78. The van der Waals surface area contributed by atoms with Crippen molar-refractivity contribution >= 4 is 29.6 Å². The summed E-state index contributed by atoms with van der Waals surface area (Å²) in [5.74, 6) is 1.79. The van der Waals surface area contributed by atoms with E-state index in [1.54, 1.807) is 24.2 Å². The number of pyridine rings is 1. The number of benzene rings is 2. The van der Waals surface area contributed by atoms with Crippen LogP contribution in [-0.4, -0.2) is 24.8 Å². The van der Waals surface area contributed by atoms with Crippen LogP contribution in [0.5, 0.6) is 5.75 Å². The summed E-state index contributed by atoms with van der Waals surface area (Å²) in [7, 11) is 1.54. The molecule has 0 saturated heterocycles. The number of aromatic nitrogens is 1. The maximum Gasteiger partial charge on any atom is 0.373 e. The first-order valence-corrected chi connectivity index (χ1v) is 10.6. The molecule has 2 N–H and O–H groups in total. The quantitative estimate of drug-likeness (QED) is 0.349. The van der Waals surface area contributed by atoms with Crippen LogP contribution in [0.1, 0.15) is 18.9 Å². The number of hydrogen-bond acceptors (Lipinski definition) is 7. The van der Waals surface area contributed by atoms with Gasteiger partial charge in [-0.15, -0.1) is 0 Å². The standard InChI is InChI=1S/C22H24FN3OS.CO2/c1-3-10-25-28-15-16-5-4-6-19(12-16)26-22-13-17(9-11-24-22)20-8-7-18(23)14-21(20)27-2;2-1-3/h4-9,11-14,25H,3,10,15H2,1-2H3,(H,24,26);. The molecule has 31 heavy (non-hydrogen) atoms. The van der Waals surface area contributed by atoms with Gasteiger partial charge in [-0.3, -0.25) is 4.72 Å². The normalized spacial score (nSPS) is 9.90. The fraction of sp³-hybridized carbons (Fsp3) is 0.217. The summed E-state index contributed by atoms with van der Waals surface area (Å²) in [6.07, 6.45) is 3.10. The molecule has 0 atom stereocenters. The van der Waals surface area contributed by atoms with Gasteiger partial charge in [0.25, 0.3) is 0 Å². The Morgan fingerprint density at radius 1 is 1.13 bits per heavy atom. The molecule has 0 aliphatic rings. The molecule has 1 heterocycles. The van der Waals surface area contributed by atoms with Crippen LogP contribution < -0.4 is 14.8 Å². The number of anilines is 2. The van der Waals surface area contributed by atoms with Crippen molar-refractivity contribution in [3.63, 3.8) is 0 Å². The number of hydrogen-bond donors (Lipinski definition) is 2. The summed E-state index contributed by atoms with van der Waals surface area (Å²) < 4.78 is 22.1. The van der Waals surface area contributed by atoms with Gasteiger partial charge in [0.15, 0.2) is 0 Å². The predicted molar refractivity (Wildman–Crippen MR) is 121 cm³/mol. The number of ether oxygens (including phenoxy) is 1. The molecule has 3 rings (SSSR count). The second-order valence-corrected chi connectivity index (χ2v) is 7.23. The van der Waals surface area contributed by atoms with Crippen molar-refractivity contribution in [3.05, 3.63) is 72.2 Å². The molecule has 1 aromatic heterocycles. The molecule has 0 spiro atoms. The second kappa shape index (κ2) is 13.2. The van der Waals surface area contributed by atoms with Gasteiger partial charge in [-0.2, -0.15) is 9.59 Å². The first-order valence-electron chi connectivity index (χ1n) is 9.61. The topological polar surface area (TPSA) is 80.3 Å². The van der Waals surface area contributed by atoms with Gasteiger partial charge in [0, 0.05) is 35.8 Å². The minimum Gasteiger partial charge on any atom is -0.496 e. The minimum absolute atomic E-state index is 0.250. The van der Waals surface area contributed by atoms with Gasteiger partial charge in [-0.1, -0.05) is 31.0 Å². The van der Waals surface area contributed by atoms with Crippen molar-refractivity contribution in [2.75, 3.05) is 19.0 Å². The Morgan fingerprint density at radius 2 is 1.94 bits per heavy atom.